The Balaban J connectivity index is 1.66. The molecule has 33 heavy (non-hydrogen) atoms. The SMILES string of the molecule is Cc1nc2ccc(Oc3ccc(F)cc3)cc2c(=O)n1C(c1ccccc1)c1ccccc1. The highest BCUT2D eigenvalue weighted by Crippen LogP contribution is 2.28. The fourth-order valence-corrected chi connectivity index (χ4v) is 4.06. The normalized spacial score (nSPS) is 11.1. The number of aryl methyl sites for hydroxylation is 1. The van der Waals surface area contributed by atoms with Crippen LogP contribution in [0.4, 0.5) is 4.39 Å². The molecule has 162 valence electrons. The molecule has 4 aromatic carbocycles. The van der Waals surface area contributed by atoms with E-state index in [0.717, 1.165) is 11.1 Å². The Morgan fingerprint density at radius 1 is 0.788 bits per heavy atom. The van der Waals surface area contributed by atoms with Gasteiger partial charge in [-0.25, -0.2) is 9.37 Å². The summed E-state index contributed by atoms with van der Waals surface area (Å²) >= 11 is 0. The van der Waals surface area contributed by atoms with E-state index in [9.17, 15) is 9.18 Å². The lowest BCUT2D eigenvalue weighted by atomic mass is 9.98. The van der Waals surface area contributed by atoms with Gasteiger partial charge in [-0.3, -0.25) is 9.36 Å². The minimum absolute atomic E-state index is 0.153. The Hall–Kier alpha value is -4.25. The van der Waals surface area contributed by atoms with Crippen LogP contribution in [0.25, 0.3) is 10.9 Å². The van der Waals surface area contributed by atoms with E-state index in [1.165, 1.54) is 12.1 Å². The molecule has 0 aliphatic carbocycles. The van der Waals surface area contributed by atoms with E-state index in [1.807, 2.05) is 67.6 Å². The first kappa shape index (κ1) is 20.6. The Kier molecular flexibility index (Phi) is 5.45. The molecule has 1 heterocycles. The summed E-state index contributed by atoms with van der Waals surface area (Å²) in [5, 5.41) is 0.456. The Labute approximate surface area is 190 Å². The largest absolute Gasteiger partial charge is 0.457 e. The molecular weight excluding hydrogens is 415 g/mol. The van der Waals surface area contributed by atoms with Crippen molar-refractivity contribution in [2.75, 3.05) is 0 Å². The van der Waals surface area contributed by atoms with E-state index in [1.54, 1.807) is 34.9 Å². The number of nitrogens with zero attached hydrogens (tertiary/aromatic N) is 2. The molecule has 4 nitrogen and oxygen atoms in total. The lowest BCUT2D eigenvalue weighted by molar-refractivity contribution is 0.481. The van der Waals surface area contributed by atoms with Gasteiger partial charge in [-0.2, -0.15) is 0 Å². The topological polar surface area (TPSA) is 44.1 Å². The molecule has 0 unspecified atom stereocenters. The predicted molar refractivity (Wildman–Crippen MR) is 127 cm³/mol. The molecular formula is C28H21FN2O2. The van der Waals surface area contributed by atoms with E-state index >= 15 is 0 Å². The first-order valence-electron chi connectivity index (χ1n) is 10.7. The van der Waals surface area contributed by atoms with Crippen molar-refractivity contribution in [3.8, 4) is 11.5 Å². The Morgan fingerprint density at radius 3 is 1.97 bits per heavy atom. The van der Waals surface area contributed by atoms with Crippen LogP contribution < -0.4 is 10.3 Å². The molecule has 0 aliphatic heterocycles. The van der Waals surface area contributed by atoms with Crippen LogP contribution >= 0.6 is 0 Å². The van der Waals surface area contributed by atoms with E-state index in [-0.39, 0.29) is 17.4 Å². The third-order valence-electron chi connectivity index (χ3n) is 5.59. The average molecular weight is 436 g/mol. The number of fused-ring (bicyclic) bond motifs is 1. The van der Waals surface area contributed by atoms with Gasteiger partial charge in [-0.15, -0.1) is 0 Å². The van der Waals surface area contributed by atoms with Gasteiger partial charge in [-0.1, -0.05) is 60.7 Å². The highest BCUT2D eigenvalue weighted by molar-refractivity contribution is 5.79. The van der Waals surface area contributed by atoms with Crippen LogP contribution in [0.15, 0.2) is 108 Å². The second-order valence-corrected chi connectivity index (χ2v) is 7.79. The number of hydrogen-bond donors (Lipinski definition) is 0. The number of rotatable bonds is 5. The first-order valence-corrected chi connectivity index (χ1v) is 10.7. The van der Waals surface area contributed by atoms with Crippen molar-refractivity contribution in [1.82, 2.24) is 9.55 Å². The summed E-state index contributed by atoms with van der Waals surface area (Å²) in [6.45, 7) is 1.85. The third kappa shape index (κ3) is 4.13. The molecule has 0 saturated heterocycles. The second-order valence-electron chi connectivity index (χ2n) is 7.79. The van der Waals surface area contributed by atoms with Crippen molar-refractivity contribution in [2.24, 2.45) is 0 Å². The first-order chi connectivity index (χ1) is 16.1. The van der Waals surface area contributed by atoms with Gasteiger partial charge in [0.1, 0.15) is 23.1 Å². The lowest BCUT2D eigenvalue weighted by Gasteiger charge is -2.23. The standard InChI is InChI=1S/C28H21FN2O2/c1-19-30-26-17-16-24(33-23-14-12-22(29)13-15-23)18-25(26)28(32)31(19)27(20-8-4-2-5-9-20)21-10-6-3-7-11-21/h2-18,27H,1H3. The summed E-state index contributed by atoms with van der Waals surface area (Å²) in [5.41, 5.74) is 2.43. The van der Waals surface area contributed by atoms with Gasteiger partial charge < -0.3 is 4.74 Å². The molecule has 0 atom stereocenters. The van der Waals surface area contributed by atoms with Crippen LogP contribution in [0.2, 0.25) is 0 Å². The van der Waals surface area contributed by atoms with Gasteiger partial charge >= 0.3 is 0 Å². The number of aromatic nitrogens is 2. The molecule has 0 bridgehead atoms. The number of halogens is 1. The maximum absolute atomic E-state index is 13.8. The quantitative estimate of drug-likeness (QED) is 0.326. The Bertz CT molecular complexity index is 1420. The van der Waals surface area contributed by atoms with E-state index in [0.29, 0.717) is 28.2 Å². The zero-order valence-electron chi connectivity index (χ0n) is 18.0. The summed E-state index contributed by atoms with van der Waals surface area (Å²) in [7, 11) is 0. The summed E-state index contributed by atoms with van der Waals surface area (Å²) in [6, 6.07) is 30.5. The van der Waals surface area contributed by atoms with Crippen LogP contribution in [-0.4, -0.2) is 9.55 Å². The van der Waals surface area contributed by atoms with Crippen LogP contribution in [-0.2, 0) is 0 Å². The number of benzene rings is 4. The van der Waals surface area contributed by atoms with Crippen molar-refractivity contribution >= 4 is 10.9 Å². The second kappa shape index (κ2) is 8.71. The van der Waals surface area contributed by atoms with Crippen molar-refractivity contribution in [3.05, 3.63) is 136 Å². The highest BCUT2D eigenvalue weighted by atomic mass is 19.1. The Morgan fingerprint density at radius 2 is 1.36 bits per heavy atom. The molecule has 5 heteroatoms. The molecule has 0 radical (unpaired) electrons. The zero-order valence-corrected chi connectivity index (χ0v) is 18.0. The van der Waals surface area contributed by atoms with Crippen LogP contribution in [0.3, 0.4) is 0 Å². The van der Waals surface area contributed by atoms with Gasteiger partial charge in [0.2, 0.25) is 0 Å². The van der Waals surface area contributed by atoms with Crippen molar-refractivity contribution in [1.29, 1.82) is 0 Å². The molecule has 5 aromatic rings. The van der Waals surface area contributed by atoms with E-state index in [2.05, 4.69) is 0 Å². The van der Waals surface area contributed by atoms with Gasteiger partial charge in [0, 0.05) is 0 Å². The maximum atomic E-state index is 13.8. The molecule has 0 amide bonds. The monoisotopic (exact) mass is 436 g/mol. The highest BCUT2D eigenvalue weighted by Gasteiger charge is 2.21. The van der Waals surface area contributed by atoms with Crippen molar-refractivity contribution in [3.63, 3.8) is 0 Å². The third-order valence-corrected chi connectivity index (χ3v) is 5.59. The number of ether oxygens (including phenoxy) is 1. The smallest absolute Gasteiger partial charge is 0.262 e. The van der Waals surface area contributed by atoms with Gasteiger partial charge in [-0.05, 0) is 60.5 Å². The average Bonchev–Trinajstić information content (AvgIpc) is 2.85. The molecule has 0 N–H and O–H groups in total. The zero-order chi connectivity index (χ0) is 22.8. The minimum atomic E-state index is -0.337. The fraction of sp³-hybridized carbons (Fsp3) is 0.0714. The molecule has 0 saturated carbocycles. The summed E-state index contributed by atoms with van der Waals surface area (Å²) < 4.78 is 20.8. The lowest BCUT2D eigenvalue weighted by Crippen LogP contribution is -2.29. The predicted octanol–water partition coefficient (Wildman–Crippen LogP) is 6.27. The van der Waals surface area contributed by atoms with Crippen LogP contribution in [0, 0.1) is 12.7 Å². The van der Waals surface area contributed by atoms with E-state index in [4.69, 9.17) is 9.72 Å². The van der Waals surface area contributed by atoms with Gasteiger partial charge in [0.15, 0.2) is 0 Å². The minimum Gasteiger partial charge on any atom is -0.457 e. The van der Waals surface area contributed by atoms with Gasteiger partial charge in [0.25, 0.3) is 5.56 Å². The molecule has 0 aliphatic rings. The van der Waals surface area contributed by atoms with Crippen LogP contribution in [0.5, 0.6) is 11.5 Å². The van der Waals surface area contributed by atoms with Gasteiger partial charge in [0.05, 0.1) is 16.9 Å². The summed E-state index contributed by atoms with van der Waals surface area (Å²) in [4.78, 5) is 18.5. The van der Waals surface area contributed by atoms with Crippen LogP contribution in [0.1, 0.15) is 23.0 Å². The fourth-order valence-electron chi connectivity index (χ4n) is 4.06. The summed E-state index contributed by atoms with van der Waals surface area (Å²) in [6.07, 6.45) is 0. The molecule has 1 aromatic heterocycles. The molecule has 0 spiro atoms. The maximum Gasteiger partial charge on any atom is 0.262 e. The van der Waals surface area contributed by atoms with E-state index < -0.39 is 0 Å². The van der Waals surface area contributed by atoms with Crippen molar-refractivity contribution < 1.29 is 9.13 Å². The molecule has 0 fully saturated rings. The summed E-state index contributed by atoms with van der Waals surface area (Å²) in [5.74, 6) is 1.26. The number of hydrogen-bond acceptors (Lipinski definition) is 3. The van der Waals surface area contributed by atoms with Crippen molar-refractivity contribution in [2.45, 2.75) is 13.0 Å². The molecule has 5 rings (SSSR count).